The van der Waals surface area contributed by atoms with E-state index in [-0.39, 0.29) is 11.7 Å². The smallest absolute Gasteiger partial charge is 0.269 e. The van der Waals surface area contributed by atoms with Gasteiger partial charge in [0.2, 0.25) is 0 Å². The van der Waals surface area contributed by atoms with Gasteiger partial charge in [-0.2, -0.15) is 5.26 Å². The average Bonchev–Trinajstić information content (AvgIpc) is 2.49. The zero-order valence-electron chi connectivity index (χ0n) is 12.4. The highest BCUT2D eigenvalue weighted by Gasteiger charge is 2.27. The fourth-order valence-corrected chi connectivity index (χ4v) is 2.79. The summed E-state index contributed by atoms with van der Waals surface area (Å²) in [5.41, 5.74) is 0.863. The standard InChI is InChI=1S/C15H20N4O2/c1-17-9-7-13(8-10-17)18(2)15(11-16)12-3-5-14(6-4-12)19(20)21/h3-6,13,15H,7-10H2,1-2H3. The third kappa shape index (κ3) is 3.57. The molecule has 6 nitrogen and oxygen atoms in total. The number of rotatable bonds is 4. The SMILES string of the molecule is CN1CCC(N(C)C(C#N)c2ccc([N+](=O)[O-])cc2)CC1. The van der Waals surface area contributed by atoms with Crippen molar-refractivity contribution in [1.29, 1.82) is 5.26 Å². The first-order valence-corrected chi connectivity index (χ1v) is 7.07. The second-order valence-electron chi connectivity index (χ2n) is 5.58. The van der Waals surface area contributed by atoms with Gasteiger partial charge in [-0.25, -0.2) is 0 Å². The number of likely N-dealkylation sites (tertiary alicyclic amines) is 1. The molecule has 1 atom stereocenters. The molecule has 1 heterocycles. The first-order valence-electron chi connectivity index (χ1n) is 7.07. The Hall–Kier alpha value is -1.97. The third-order valence-corrected chi connectivity index (χ3v) is 4.21. The van der Waals surface area contributed by atoms with Crippen molar-refractivity contribution in [3.63, 3.8) is 0 Å². The van der Waals surface area contributed by atoms with Crippen molar-refractivity contribution < 1.29 is 4.92 Å². The minimum absolute atomic E-state index is 0.0531. The molecule has 0 N–H and O–H groups in total. The summed E-state index contributed by atoms with van der Waals surface area (Å²) >= 11 is 0. The lowest BCUT2D eigenvalue weighted by atomic mass is 9.99. The van der Waals surface area contributed by atoms with Crippen molar-refractivity contribution in [2.24, 2.45) is 0 Å². The predicted octanol–water partition coefficient (Wildman–Crippen LogP) is 2.19. The van der Waals surface area contributed by atoms with Crippen LogP contribution >= 0.6 is 0 Å². The van der Waals surface area contributed by atoms with Crippen LogP contribution in [0.15, 0.2) is 24.3 Å². The van der Waals surface area contributed by atoms with Gasteiger partial charge in [0.1, 0.15) is 6.04 Å². The van der Waals surface area contributed by atoms with Gasteiger partial charge in [-0.3, -0.25) is 15.0 Å². The topological polar surface area (TPSA) is 73.4 Å². The minimum atomic E-state index is -0.425. The lowest BCUT2D eigenvalue weighted by Gasteiger charge is -2.37. The zero-order valence-corrected chi connectivity index (χ0v) is 12.4. The molecule has 2 rings (SSSR count). The fraction of sp³-hybridized carbons (Fsp3) is 0.533. The number of hydrogen-bond donors (Lipinski definition) is 0. The molecule has 0 aliphatic carbocycles. The van der Waals surface area contributed by atoms with Crippen LogP contribution in [0.25, 0.3) is 0 Å². The van der Waals surface area contributed by atoms with Gasteiger partial charge in [-0.15, -0.1) is 0 Å². The monoisotopic (exact) mass is 288 g/mol. The van der Waals surface area contributed by atoms with Gasteiger partial charge in [0.25, 0.3) is 5.69 Å². The number of hydrogen-bond acceptors (Lipinski definition) is 5. The zero-order chi connectivity index (χ0) is 15.4. The molecule has 0 spiro atoms. The van der Waals surface area contributed by atoms with Crippen LogP contribution in [0, 0.1) is 21.4 Å². The Bertz CT molecular complexity index is 530. The molecule has 1 aliphatic heterocycles. The van der Waals surface area contributed by atoms with Gasteiger partial charge >= 0.3 is 0 Å². The number of benzene rings is 1. The average molecular weight is 288 g/mol. The van der Waals surface area contributed by atoms with E-state index in [9.17, 15) is 15.4 Å². The van der Waals surface area contributed by atoms with Crippen molar-refractivity contribution in [2.75, 3.05) is 27.2 Å². The van der Waals surface area contributed by atoms with Crippen LogP contribution in [-0.4, -0.2) is 47.9 Å². The van der Waals surface area contributed by atoms with Gasteiger partial charge in [0, 0.05) is 18.2 Å². The maximum Gasteiger partial charge on any atom is 0.269 e. The van der Waals surface area contributed by atoms with E-state index in [4.69, 9.17) is 0 Å². The number of nitro groups is 1. The van der Waals surface area contributed by atoms with Crippen LogP contribution in [0.2, 0.25) is 0 Å². The van der Waals surface area contributed by atoms with E-state index in [0.29, 0.717) is 6.04 Å². The highest BCUT2D eigenvalue weighted by Crippen LogP contribution is 2.26. The Morgan fingerprint density at radius 1 is 1.38 bits per heavy atom. The maximum atomic E-state index is 10.7. The van der Waals surface area contributed by atoms with Crippen molar-refractivity contribution in [3.05, 3.63) is 39.9 Å². The largest absolute Gasteiger partial charge is 0.306 e. The van der Waals surface area contributed by atoms with E-state index >= 15 is 0 Å². The van der Waals surface area contributed by atoms with Crippen molar-refractivity contribution in [2.45, 2.75) is 24.9 Å². The number of piperidine rings is 1. The summed E-state index contributed by atoms with van der Waals surface area (Å²) in [5.74, 6) is 0. The molecule has 1 unspecified atom stereocenters. The molecule has 1 aliphatic rings. The molecular weight excluding hydrogens is 268 g/mol. The predicted molar refractivity (Wildman–Crippen MR) is 79.7 cm³/mol. The minimum Gasteiger partial charge on any atom is -0.306 e. The summed E-state index contributed by atoms with van der Waals surface area (Å²) < 4.78 is 0. The molecule has 21 heavy (non-hydrogen) atoms. The number of nitriles is 1. The van der Waals surface area contributed by atoms with Crippen molar-refractivity contribution in [3.8, 4) is 6.07 Å². The normalized spacial score (nSPS) is 18.4. The van der Waals surface area contributed by atoms with Gasteiger partial charge in [-0.05, 0) is 57.7 Å². The molecule has 1 aromatic rings. The van der Waals surface area contributed by atoms with E-state index in [1.807, 2.05) is 7.05 Å². The van der Waals surface area contributed by atoms with Gasteiger partial charge in [-0.1, -0.05) is 0 Å². The van der Waals surface area contributed by atoms with Crippen LogP contribution in [0.3, 0.4) is 0 Å². The van der Waals surface area contributed by atoms with E-state index in [1.165, 1.54) is 12.1 Å². The third-order valence-electron chi connectivity index (χ3n) is 4.21. The van der Waals surface area contributed by atoms with Crippen LogP contribution in [0.4, 0.5) is 5.69 Å². The summed E-state index contributed by atoms with van der Waals surface area (Å²) in [5, 5.41) is 20.2. The Kier molecular flexibility index (Phi) is 4.89. The van der Waals surface area contributed by atoms with Crippen molar-refractivity contribution >= 4 is 5.69 Å². The summed E-state index contributed by atoms with van der Waals surface area (Å²) in [6.45, 7) is 2.07. The first kappa shape index (κ1) is 15.4. The quantitative estimate of drug-likeness (QED) is 0.627. The molecule has 1 saturated heterocycles. The molecule has 1 fully saturated rings. The fourth-order valence-electron chi connectivity index (χ4n) is 2.79. The van der Waals surface area contributed by atoms with Crippen LogP contribution in [0.1, 0.15) is 24.4 Å². The highest BCUT2D eigenvalue weighted by molar-refractivity contribution is 5.36. The number of nitro benzene ring substituents is 1. The second-order valence-corrected chi connectivity index (χ2v) is 5.58. The highest BCUT2D eigenvalue weighted by atomic mass is 16.6. The first-order chi connectivity index (χ1) is 10.0. The molecule has 0 saturated carbocycles. The van der Waals surface area contributed by atoms with E-state index < -0.39 is 4.92 Å². The molecule has 112 valence electrons. The Morgan fingerprint density at radius 3 is 2.43 bits per heavy atom. The van der Waals surface area contributed by atoms with Crippen LogP contribution in [-0.2, 0) is 0 Å². The Morgan fingerprint density at radius 2 is 1.95 bits per heavy atom. The number of nitrogens with zero attached hydrogens (tertiary/aromatic N) is 4. The molecule has 0 aromatic heterocycles. The van der Waals surface area contributed by atoms with Crippen molar-refractivity contribution in [1.82, 2.24) is 9.80 Å². The molecule has 0 amide bonds. The Balaban J connectivity index is 2.11. The molecular formula is C15H20N4O2. The lowest BCUT2D eigenvalue weighted by Crippen LogP contribution is -2.43. The number of non-ortho nitro benzene ring substituents is 1. The van der Waals surface area contributed by atoms with Gasteiger partial charge in [0.05, 0.1) is 11.0 Å². The summed E-state index contributed by atoms with van der Waals surface area (Å²) in [6, 6.07) is 8.61. The molecule has 6 heteroatoms. The Labute approximate surface area is 124 Å². The summed E-state index contributed by atoms with van der Waals surface area (Å²) in [6.07, 6.45) is 2.08. The van der Waals surface area contributed by atoms with Crippen LogP contribution < -0.4 is 0 Å². The van der Waals surface area contributed by atoms with Crippen LogP contribution in [0.5, 0.6) is 0 Å². The summed E-state index contributed by atoms with van der Waals surface area (Å²) in [4.78, 5) is 14.6. The molecule has 1 aromatic carbocycles. The van der Waals surface area contributed by atoms with Gasteiger partial charge < -0.3 is 4.90 Å². The van der Waals surface area contributed by atoms with E-state index in [1.54, 1.807) is 12.1 Å². The van der Waals surface area contributed by atoms with Gasteiger partial charge in [0.15, 0.2) is 0 Å². The lowest BCUT2D eigenvalue weighted by molar-refractivity contribution is -0.384. The van der Waals surface area contributed by atoms with E-state index in [2.05, 4.69) is 22.9 Å². The second kappa shape index (κ2) is 6.66. The molecule has 0 bridgehead atoms. The summed E-state index contributed by atoms with van der Waals surface area (Å²) in [7, 11) is 4.07. The molecule has 0 radical (unpaired) electrons. The maximum absolute atomic E-state index is 10.7. The van der Waals surface area contributed by atoms with E-state index in [0.717, 1.165) is 31.5 Å².